The number of esters is 1. The molecule has 3 rings (SSSR count). The van der Waals surface area contributed by atoms with Crippen LogP contribution in [-0.4, -0.2) is 70.3 Å². The van der Waals surface area contributed by atoms with Gasteiger partial charge in [-0.2, -0.15) is 0 Å². The minimum atomic E-state index is -0.739. The van der Waals surface area contributed by atoms with E-state index in [9.17, 15) is 19.5 Å². The number of rotatable bonds is 10. The van der Waals surface area contributed by atoms with Gasteiger partial charge in [0, 0.05) is 24.3 Å². The zero-order valence-corrected chi connectivity index (χ0v) is 23.0. The van der Waals surface area contributed by atoms with Crippen LogP contribution in [0.25, 0.3) is 5.76 Å². The minimum absolute atomic E-state index is 0.0300. The zero-order valence-electron chi connectivity index (χ0n) is 23.0. The molecule has 37 heavy (non-hydrogen) atoms. The van der Waals surface area contributed by atoms with Crippen molar-refractivity contribution in [2.24, 2.45) is 0 Å². The van der Waals surface area contributed by atoms with Crippen LogP contribution >= 0.6 is 0 Å². The van der Waals surface area contributed by atoms with Gasteiger partial charge >= 0.3 is 5.97 Å². The van der Waals surface area contributed by atoms with Crippen LogP contribution in [0.3, 0.4) is 0 Å². The topological polar surface area (TPSA) is 103 Å². The highest BCUT2D eigenvalue weighted by Gasteiger charge is 2.46. The molecule has 1 unspecified atom stereocenters. The number of likely N-dealkylation sites (N-methyl/N-ethyl adjacent to an activating group) is 1. The molecule has 1 saturated heterocycles. The maximum absolute atomic E-state index is 13.4. The van der Waals surface area contributed by atoms with E-state index in [1.165, 1.54) is 0 Å². The van der Waals surface area contributed by atoms with Gasteiger partial charge in [0.2, 0.25) is 0 Å². The lowest BCUT2D eigenvalue weighted by atomic mass is 9.92. The van der Waals surface area contributed by atoms with Crippen molar-refractivity contribution in [3.63, 3.8) is 0 Å². The van der Waals surface area contributed by atoms with Gasteiger partial charge in [-0.3, -0.25) is 9.59 Å². The summed E-state index contributed by atoms with van der Waals surface area (Å²) in [5.41, 5.74) is 3.46. The Morgan fingerprint density at radius 2 is 1.73 bits per heavy atom. The predicted octanol–water partition coefficient (Wildman–Crippen LogP) is 4.70. The van der Waals surface area contributed by atoms with Crippen molar-refractivity contribution in [2.75, 3.05) is 32.8 Å². The largest absolute Gasteiger partial charge is 0.507 e. The van der Waals surface area contributed by atoms with Crippen LogP contribution in [-0.2, 0) is 14.3 Å². The standard InChI is InChI=1S/C29H39N3O5/c1-8-31(9-2)15-16-32-25(21-13-11-20(12-14-21)17(4)5)23(27(34)28(32)35)26(33)22-18(6)24(30-19(22)7)29(36)37-10-3/h11-14,17,25,30,33H,8-10,15-16H2,1-7H3/b26-23+. The number of carbonyl (C=O) groups excluding carboxylic acids is 3. The molecule has 0 bridgehead atoms. The summed E-state index contributed by atoms with van der Waals surface area (Å²) in [4.78, 5) is 45.9. The number of nitrogens with one attached hydrogen (secondary N) is 1. The molecule has 0 spiro atoms. The average Bonchev–Trinajstić information content (AvgIpc) is 3.31. The number of aromatic amines is 1. The number of carbonyl (C=O) groups is 3. The highest BCUT2D eigenvalue weighted by Crippen LogP contribution is 2.41. The number of aliphatic hydroxyl groups is 1. The summed E-state index contributed by atoms with van der Waals surface area (Å²) in [6.07, 6.45) is 0. The molecule has 8 heteroatoms. The molecule has 2 N–H and O–H groups in total. The summed E-state index contributed by atoms with van der Waals surface area (Å²) in [7, 11) is 0. The van der Waals surface area contributed by atoms with Crippen molar-refractivity contribution in [2.45, 2.75) is 60.4 Å². The van der Waals surface area contributed by atoms with E-state index in [0.717, 1.165) is 24.2 Å². The van der Waals surface area contributed by atoms with Crippen LogP contribution in [0.5, 0.6) is 0 Å². The molecular formula is C29H39N3O5. The third-order valence-corrected chi connectivity index (χ3v) is 7.16. The first-order chi connectivity index (χ1) is 17.6. The minimum Gasteiger partial charge on any atom is -0.507 e. The molecule has 200 valence electrons. The molecule has 1 aliphatic heterocycles. The van der Waals surface area contributed by atoms with Crippen LogP contribution in [0.15, 0.2) is 29.8 Å². The molecule has 1 amide bonds. The van der Waals surface area contributed by atoms with Gasteiger partial charge in [0.25, 0.3) is 11.7 Å². The van der Waals surface area contributed by atoms with E-state index in [-0.39, 0.29) is 23.6 Å². The number of ether oxygens (including phenoxy) is 1. The summed E-state index contributed by atoms with van der Waals surface area (Å²) < 4.78 is 5.13. The normalized spacial score (nSPS) is 17.3. The lowest BCUT2D eigenvalue weighted by Gasteiger charge is -2.28. The Bertz CT molecular complexity index is 1190. The molecule has 1 aromatic heterocycles. The number of H-pyrrole nitrogens is 1. The quantitative estimate of drug-likeness (QED) is 0.208. The number of aryl methyl sites for hydroxylation is 1. The summed E-state index contributed by atoms with van der Waals surface area (Å²) in [6, 6.07) is 7.10. The molecule has 1 atom stereocenters. The molecule has 0 aliphatic carbocycles. The number of hydrogen-bond acceptors (Lipinski definition) is 6. The van der Waals surface area contributed by atoms with E-state index in [2.05, 4.69) is 37.6 Å². The van der Waals surface area contributed by atoms with Crippen molar-refractivity contribution in [1.29, 1.82) is 0 Å². The van der Waals surface area contributed by atoms with Gasteiger partial charge in [0.1, 0.15) is 11.5 Å². The molecular weight excluding hydrogens is 470 g/mol. The summed E-state index contributed by atoms with van der Waals surface area (Å²) in [6.45, 7) is 16.2. The van der Waals surface area contributed by atoms with E-state index >= 15 is 0 Å². The fourth-order valence-corrected chi connectivity index (χ4v) is 4.96. The second kappa shape index (κ2) is 11.8. The highest BCUT2D eigenvalue weighted by molar-refractivity contribution is 6.46. The molecule has 1 fully saturated rings. The Morgan fingerprint density at radius 3 is 2.27 bits per heavy atom. The molecule has 8 nitrogen and oxygen atoms in total. The van der Waals surface area contributed by atoms with Crippen molar-refractivity contribution in [3.8, 4) is 0 Å². The van der Waals surface area contributed by atoms with E-state index in [4.69, 9.17) is 4.74 Å². The van der Waals surface area contributed by atoms with Crippen LogP contribution in [0, 0.1) is 13.8 Å². The highest BCUT2D eigenvalue weighted by atomic mass is 16.5. The summed E-state index contributed by atoms with van der Waals surface area (Å²) >= 11 is 0. The van der Waals surface area contributed by atoms with E-state index in [0.29, 0.717) is 35.8 Å². The smallest absolute Gasteiger partial charge is 0.355 e. The average molecular weight is 510 g/mol. The Labute approximate surface area is 219 Å². The van der Waals surface area contributed by atoms with Gasteiger partial charge in [0.15, 0.2) is 0 Å². The first-order valence-corrected chi connectivity index (χ1v) is 13.0. The lowest BCUT2D eigenvalue weighted by Crippen LogP contribution is -2.38. The monoisotopic (exact) mass is 509 g/mol. The third kappa shape index (κ3) is 5.49. The van der Waals surface area contributed by atoms with E-state index in [1.807, 2.05) is 24.3 Å². The molecule has 2 aromatic rings. The molecule has 1 aromatic carbocycles. The molecule has 0 radical (unpaired) electrons. The Balaban J connectivity index is 2.17. The maximum Gasteiger partial charge on any atom is 0.355 e. The maximum atomic E-state index is 13.4. The van der Waals surface area contributed by atoms with Crippen molar-refractivity contribution in [3.05, 3.63) is 63.5 Å². The van der Waals surface area contributed by atoms with Crippen LogP contribution in [0.1, 0.15) is 85.0 Å². The van der Waals surface area contributed by atoms with Crippen LogP contribution in [0.2, 0.25) is 0 Å². The van der Waals surface area contributed by atoms with E-state index in [1.54, 1.807) is 25.7 Å². The number of likely N-dealkylation sites (tertiary alicyclic amines) is 1. The lowest BCUT2D eigenvalue weighted by molar-refractivity contribution is -0.140. The number of hydrogen-bond donors (Lipinski definition) is 2. The van der Waals surface area contributed by atoms with Crippen molar-refractivity contribution < 1.29 is 24.2 Å². The van der Waals surface area contributed by atoms with Crippen LogP contribution in [0.4, 0.5) is 0 Å². The van der Waals surface area contributed by atoms with Gasteiger partial charge in [0.05, 0.1) is 18.2 Å². The first-order valence-electron chi connectivity index (χ1n) is 13.0. The fraction of sp³-hybridized carbons (Fsp3) is 0.483. The predicted molar refractivity (Wildman–Crippen MR) is 144 cm³/mol. The van der Waals surface area contributed by atoms with Crippen molar-refractivity contribution in [1.82, 2.24) is 14.8 Å². The third-order valence-electron chi connectivity index (χ3n) is 7.16. The number of nitrogens with zero attached hydrogens (tertiary/aromatic N) is 2. The second-order valence-electron chi connectivity index (χ2n) is 9.69. The first kappa shape index (κ1) is 28.2. The van der Waals surface area contributed by atoms with Gasteiger partial charge in [-0.15, -0.1) is 0 Å². The van der Waals surface area contributed by atoms with E-state index < -0.39 is 23.7 Å². The van der Waals surface area contributed by atoms with Gasteiger partial charge < -0.3 is 24.6 Å². The SMILES string of the molecule is CCOC(=O)c1[nH]c(C)c(/C(O)=C2\C(=O)C(=O)N(CCN(CC)CC)C2c2ccc(C(C)C)cc2)c1C. The Hall–Kier alpha value is -3.39. The molecule has 1 aliphatic rings. The number of benzene rings is 1. The number of amides is 1. The Morgan fingerprint density at radius 1 is 1.11 bits per heavy atom. The van der Waals surface area contributed by atoms with Crippen LogP contribution < -0.4 is 0 Å². The fourth-order valence-electron chi connectivity index (χ4n) is 4.96. The number of aliphatic hydroxyl groups excluding tert-OH is 1. The van der Waals surface area contributed by atoms with Gasteiger partial charge in [-0.1, -0.05) is 52.0 Å². The van der Waals surface area contributed by atoms with Gasteiger partial charge in [-0.25, -0.2) is 4.79 Å². The number of Topliss-reactive ketones (excluding diaryl/α,β-unsaturated/α-hetero) is 1. The summed E-state index contributed by atoms with van der Waals surface area (Å²) in [5, 5.41) is 11.6. The number of aromatic nitrogens is 1. The molecule has 0 saturated carbocycles. The van der Waals surface area contributed by atoms with Crippen molar-refractivity contribution >= 4 is 23.4 Å². The Kier molecular flexibility index (Phi) is 8.97. The zero-order chi connectivity index (χ0) is 27.4. The second-order valence-corrected chi connectivity index (χ2v) is 9.69. The molecule has 2 heterocycles. The summed E-state index contributed by atoms with van der Waals surface area (Å²) in [5.74, 6) is -1.86. The number of ketones is 1. The van der Waals surface area contributed by atoms with Gasteiger partial charge in [-0.05, 0) is 56.5 Å².